The third kappa shape index (κ3) is 5.57. The van der Waals surface area contributed by atoms with Crippen LogP contribution in [0, 0.1) is 0 Å². The lowest BCUT2D eigenvalue weighted by Crippen LogP contribution is -2.37. The quantitative estimate of drug-likeness (QED) is 0.639. The molecule has 0 aliphatic carbocycles. The Morgan fingerprint density at radius 3 is 2.59 bits per heavy atom. The molecule has 0 fully saturated rings. The monoisotopic (exact) mass is 305 g/mol. The zero-order valence-electron chi connectivity index (χ0n) is 13.2. The molecule has 0 spiro atoms. The molecule has 1 rings (SSSR count). The molecule has 2 atom stereocenters. The first-order valence-corrected chi connectivity index (χ1v) is 7.06. The summed E-state index contributed by atoms with van der Waals surface area (Å²) in [6, 6.07) is 6.76. The molecule has 6 heteroatoms. The van der Waals surface area contributed by atoms with Crippen LogP contribution in [0.1, 0.15) is 13.8 Å². The average molecular weight is 305 g/mol. The van der Waals surface area contributed by atoms with E-state index in [2.05, 4.69) is 22.5 Å². The summed E-state index contributed by atoms with van der Waals surface area (Å²) in [5, 5.41) is 8.55. The summed E-state index contributed by atoms with van der Waals surface area (Å²) in [6.07, 6.45) is 1.10. The van der Waals surface area contributed by atoms with Gasteiger partial charge >= 0.3 is 0 Å². The maximum atomic E-state index is 11.8. The lowest BCUT2D eigenvalue weighted by molar-refractivity contribution is -0.124. The first-order chi connectivity index (χ1) is 10.5. The fourth-order valence-electron chi connectivity index (χ4n) is 1.68. The topological polar surface area (TPSA) is 79.5 Å². The van der Waals surface area contributed by atoms with Crippen molar-refractivity contribution >= 4 is 23.2 Å². The van der Waals surface area contributed by atoms with E-state index in [4.69, 9.17) is 4.74 Å². The van der Waals surface area contributed by atoms with Crippen molar-refractivity contribution in [2.45, 2.75) is 26.0 Å². The first kappa shape index (κ1) is 17.7. The van der Waals surface area contributed by atoms with Gasteiger partial charge in [0.05, 0.1) is 0 Å². The Labute approximate surface area is 130 Å². The number of benzene rings is 1. The van der Waals surface area contributed by atoms with E-state index in [0.29, 0.717) is 12.2 Å². The summed E-state index contributed by atoms with van der Waals surface area (Å²) in [5.41, 5.74) is 1.38. The molecule has 1 aromatic carbocycles. The molecular weight excluding hydrogens is 282 g/mol. The van der Waals surface area contributed by atoms with Crippen LogP contribution in [0.15, 0.2) is 36.9 Å². The summed E-state index contributed by atoms with van der Waals surface area (Å²) in [7, 11) is 1.48. The number of nitrogens with one attached hydrogen (secondary N) is 3. The van der Waals surface area contributed by atoms with Crippen LogP contribution in [0.5, 0.6) is 0 Å². The maximum absolute atomic E-state index is 11.8. The third-order valence-electron chi connectivity index (χ3n) is 3.05. The standard InChI is InChI=1S/C16H23N3O3/c1-5-9-17-15(20)11(2)18-13-7-6-8-14(10-13)19-16(21)12(3)22-4/h5-8,10-12,18H,1,9H2,2-4H3,(H,17,20)(H,19,21). The average Bonchev–Trinajstić information content (AvgIpc) is 2.51. The number of ether oxygens (including phenoxy) is 1. The molecule has 22 heavy (non-hydrogen) atoms. The van der Waals surface area contributed by atoms with Gasteiger partial charge in [-0.1, -0.05) is 12.1 Å². The summed E-state index contributed by atoms with van der Waals surface area (Å²) < 4.78 is 4.96. The van der Waals surface area contributed by atoms with Crippen LogP contribution in [-0.4, -0.2) is 37.6 Å². The fraction of sp³-hybridized carbons (Fsp3) is 0.375. The van der Waals surface area contributed by atoms with Crippen LogP contribution >= 0.6 is 0 Å². The number of anilines is 2. The second-order valence-electron chi connectivity index (χ2n) is 4.85. The number of hydrogen-bond donors (Lipinski definition) is 3. The van der Waals surface area contributed by atoms with Gasteiger partial charge in [0.2, 0.25) is 5.91 Å². The minimum absolute atomic E-state index is 0.123. The normalized spacial score (nSPS) is 12.9. The van der Waals surface area contributed by atoms with Crippen molar-refractivity contribution in [1.82, 2.24) is 5.32 Å². The summed E-state index contributed by atoms with van der Waals surface area (Å²) >= 11 is 0. The van der Waals surface area contributed by atoms with Crippen LogP contribution in [0.3, 0.4) is 0 Å². The molecule has 0 aromatic heterocycles. The fourth-order valence-corrected chi connectivity index (χ4v) is 1.68. The van der Waals surface area contributed by atoms with Crippen molar-refractivity contribution in [1.29, 1.82) is 0 Å². The van der Waals surface area contributed by atoms with E-state index in [9.17, 15) is 9.59 Å². The smallest absolute Gasteiger partial charge is 0.253 e. The first-order valence-electron chi connectivity index (χ1n) is 7.06. The minimum atomic E-state index is -0.528. The molecule has 0 aliphatic rings. The number of carbonyl (C=O) groups is 2. The molecule has 6 nitrogen and oxygen atoms in total. The lowest BCUT2D eigenvalue weighted by Gasteiger charge is -2.16. The van der Waals surface area contributed by atoms with E-state index in [1.807, 2.05) is 6.07 Å². The SMILES string of the molecule is C=CCNC(=O)C(C)Nc1cccc(NC(=O)C(C)OC)c1. The van der Waals surface area contributed by atoms with Gasteiger partial charge in [0.1, 0.15) is 12.1 Å². The third-order valence-corrected chi connectivity index (χ3v) is 3.05. The number of amides is 2. The van der Waals surface area contributed by atoms with Crippen LogP contribution in [0.25, 0.3) is 0 Å². The van der Waals surface area contributed by atoms with Gasteiger partial charge in [-0.2, -0.15) is 0 Å². The predicted molar refractivity (Wildman–Crippen MR) is 87.8 cm³/mol. The second kappa shape index (κ2) is 8.84. The molecule has 0 saturated carbocycles. The number of carbonyl (C=O) groups excluding carboxylic acids is 2. The molecule has 0 radical (unpaired) electrons. The second-order valence-corrected chi connectivity index (χ2v) is 4.85. The van der Waals surface area contributed by atoms with Crippen molar-refractivity contribution in [2.24, 2.45) is 0 Å². The Morgan fingerprint density at radius 1 is 1.27 bits per heavy atom. The highest BCUT2D eigenvalue weighted by atomic mass is 16.5. The van der Waals surface area contributed by atoms with Gasteiger partial charge in [0.25, 0.3) is 5.91 Å². The molecule has 1 aromatic rings. The predicted octanol–water partition coefficient (Wildman–Crippen LogP) is 1.76. The lowest BCUT2D eigenvalue weighted by atomic mass is 10.2. The molecule has 0 saturated heterocycles. The van der Waals surface area contributed by atoms with Gasteiger partial charge in [-0.25, -0.2) is 0 Å². The maximum Gasteiger partial charge on any atom is 0.253 e. The van der Waals surface area contributed by atoms with Crippen molar-refractivity contribution in [2.75, 3.05) is 24.3 Å². The highest BCUT2D eigenvalue weighted by Crippen LogP contribution is 2.16. The number of hydrogen-bond acceptors (Lipinski definition) is 4. The zero-order valence-corrected chi connectivity index (χ0v) is 13.2. The van der Waals surface area contributed by atoms with E-state index in [1.165, 1.54) is 7.11 Å². The van der Waals surface area contributed by atoms with Crippen LogP contribution in [0.2, 0.25) is 0 Å². The zero-order chi connectivity index (χ0) is 16.5. The van der Waals surface area contributed by atoms with E-state index in [-0.39, 0.29) is 11.8 Å². The van der Waals surface area contributed by atoms with Crippen LogP contribution in [0.4, 0.5) is 11.4 Å². The Kier molecular flexibility index (Phi) is 7.12. The summed E-state index contributed by atoms with van der Waals surface area (Å²) in [6.45, 7) is 7.41. The van der Waals surface area contributed by atoms with E-state index in [1.54, 1.807) is 38.1 Å². The van der Waals surface area contributed by atoms with Crippen LogP contribution < -0.4 is 16.0 Å². The Balaban J connectivity index is 2.65. The van der Waals surface area contributed by atoms with Crippen molar-refractivity contribution in [3.63, 3.8) is 0 Å². The molecule has 0 heterocycles. The summed E-state index contributed by atoms with van der Waals surface area (Å²) in [5.74, 6) is -0.348. The van der Waals surface area contributed by atoms with Gasteiger partial charge in [-0.15, -0.1) is 6.58 Å². The van der Waals surface area contributed by atoms with Crippen LogP contribution in [-0.2, 0) is 14.3 Å². The van der Waals surface area contributed by atoms with Gasteiger partial charge in [-0.3, -0.25) is 9.59 Å². The van der Waals surface area contributed by atoms with Gasteiger partial charge < -0.3 is 20.7 Å². The molecular formula is C16H23N3O3. The Bertz CT molecular complexity index is 531. The van der Waals surface area contributed by atoms with Gasteiger partial charge in [0, 0.05) is 25.0 Å². The highest BCUT2D eigenvalue weighted by Gasteiger charge is 2.13. The molecule has 120 valence electrons. The van der Waals surface area contributed by atoms with E-state index < -0.39 is 12.1 Å². The highest BCUT2D eigenvalue weighted by molar-refractivity contribution is 5.94. The van der Waals surface area contributed by atoms with E-state index in [0.717, 1.165) is 5.69 Å². The minimum Gasteiger partial charge on any atom is -0.374 e. The molecule has 2 unspecified atom stereocenters. The molecule has 0 bridgehead atoms. The van der Waals surface area contributed by atoms with Crippen molar-refractivity contribution in [3.8, 4) is 0 Å². The molecule has 2 amide bonds. The van der Waals surface area contributed by atoms with Gasteiger partial charge in [-0.05, 0) is 32.0 Å². The Hall–Kier alpha value is -2.34. The number of rotatable bonds is 8. The van der Waals surface area contributed by atoms with Crippen molar-refractivity contribution in [3.05, 3.63) is 36.9 Å². The largest absolute Gasteiger partial charge is 0.374 e. The van der Waals surface area contributed by atoms with Crippen molar-refractivity contribution < 1.29 is 14.3 Å². The van der Waals surface area contributed by atoms with E-state index >= 15 is 0 Å². The molecule has 0 aliphatic heterocycles. The Morgan fingerprint density at radius 2 is 1.95 bits per heavy atom. The molecule has 3 N–H and O–H groups in total. The summed E-state index contributed by atoms with van der Waals surface area (Å²) in [4.78, 5) is 23.6. The van der Waals surface area contributed by atoms with Gasteiger partial charge in [0.15, 0.2) is 0 Å². The number of methoxy groups -OCH3 is 1.